The van der Waals surface area contributed by atoms with E-state index in [1.54, 1.807) is 12.0 Å². The Morgan fingerprint density at radius 3 is 2.59 bits per heavy atom. The molecule has 5 rings (SSSR count). The summed E-state index contributed by atoms with van der Waals surface area (Å²) in [5.41, 5.74) is 3.95. The van der Waals surface area contributed by atoms with Crippen LogP contribution in [0.15, 0.2) is 48.5 Å². The summed E-state index contributed by atoms with van der Waals surface area (Å²) in [5.74, 6) is 6.33. The van der Waals surface area contributed by atoms with Gasteiger partial charge in [0.1, 0.15) is 5.60 Å². The van der Waals surface area contributed by atoms with Gasteiger partial charge in [-0.15, -0.1) is 0 Å². The fraction of sp³-hybridized carbons (Fsp3) is 0.579. The van der Waals surface area contributed by atoms with Crippen LogP contribution in [-0.4, -0.2) is 91.6 Å². The van der Waals surface area contributed by atoms with Gasteiger partial charge in [0, 0.05) is 82.7 Å². The highest BCUT2D eigenvalue weighted by Gasteiger charge is 2.44. The molecule has 2 aliphatic heterocycles. The van der Waals surface area contributed by atoms with E-state index in [1.807, 2.05) is 32.9 Å². The van der Waals surface area contributed by atoms with Gasteiger partial charge in [-0.2, -0.15) is 0 Å². The first-order chi connectivity index (χ1) is 22.2. The van der Waals surface area contributed by atoms with Crippen molar-refractivity contribution in [2.45, 2.75) is 82.8 Å². The van der Waals surface area contributed by atoms with Gasteiger partial charge in [0.05, 0.1) is 5.92 Å². The largest absolute Gasteiger partial charge is 0.444 e. The average Bonchev–Trinajstić information content (AvgIpc) is 3.83. The molecule has 1 saturated carbocycles. The number of hydrogen-bond acceptors (Lipinski definition) is 6. The van der Waals surface area contributed by atoms with Crippen LogP contribution in [0.2, 0.25) is 0 Å². The highest BCUT2D eigenvalue weighted by atomic mass is 16.6. The molecule has 1 N–H and O–H groups in total. The quantitative estimate of drug-likeness (QED) is 0.251. The summed E-state index contributed by atoms with van der Waals surface area (Å²) < 4.78 is 11.1. The summed E-state index contributed by atoms with van der Waals surface area (Å²) in [6.07, 6.45) is 4.60. The molecule has 1 saturated heterocycles. The number of methoxy groups -OCH3 is 1. The van der Waals surface area contributed by atoms with Gasteiger partial charge in [-0.25, -0.2) is 4.79 Å². The van der Waals surface area contributed by atoms with Gasteiger partial charge in [-0.3, -0.25) is 4.79 Å². The SMILES string of the molecule is COCCCN1CC(CN(C(=O)[C@H]2CN(C(=O)OC(C)(C)C)CC[C@@H]2c2cccc(C#CCCCO)c2)C2CC2)c2ccccc21. The maximum atomic E-state index is 14.8. The van der Waals surface area contributed by atoms with E-state index in [2.05, 4.69) is 58.0 Å². The highest BCUT2D eigenvalue weighted by Crippen LogP contribution is 2.41. The topological polar surface area (TPSA) is 82.6 Å². The van der Waals surface area contributed by atoms with Crippen LogP contribution < -0.4 is 4.90 Å². The zero-order valence-corrected chi connectivity index (χ0v) is 28.0. The van der Waals surface area contributed by atoms with Gasteiger partial charge >= 0.3 is 6.09 Å². The van der Waals surface area contributed by atoms with E-state index in [1.165, 1.54) is 11.3 Å². The molecule has 1 unspecified atom stereocenters. The Bertz CT molecular complexity index is 1400. The smallest absolute Gasteiger partial charge is 0.410 e. The molecule has 2 heterocycles. The van der Waals surface area contributed by atoms with E-state index in [-0.39, 0.29) is 42.4 Å². The monoisotopic (exact) mass is 629 g/mol. The number of hydrogen-bond donors (Lipinski definition) is 1. The number of rotatable bonds is 11. The van der Waals surface area contributed by atoms with Gasteiger partial charge in [0.25, 0.3) is 0 Å². The van der Waals surface area contributed by atoms with Crippen molar-refractivity contribution >= 4 is 17.7 Å². The standard InChI is InChI=1S/C38H51N3O5/c1-38(2,3)46-37(44)40-21-19-32(29-14-10-13-28(24-29)12-6-5-9-22-42)34(27-40)36(43)41(31-17-18-31)26-30-25-39(20-11-23-45-4)35-16-8-7-15-33(30)35/h7-8,10,13-16,24,30-32,34,42H,5,9,11,17-23,25-27H2,1-4H3/t30?,32-,34+/m1/s1. The van der Waals surface area contributed by atoms with Gasteiger partial charge in [-0.1, -0.05) is 42.2 Å². The molecule has 8 heteroatoms. The normalized spacial score (nSPS) is 20.9. The predicted octanol–water partition coefficient (Wildman–Crippen LogP) is 5.78. The van der Waals surface area contributed by atoms with E-state index in [0.717, 1.165) is 50.1 Å². The molecule has 8 nitrogen and oxygen atoms in total. The minimum atomic E-state index is -0.610. The molecule has 0 spiro atoms. The lowest BCUT2D eigenvalue weighted by Crippen LogP contribution is -2.51. The number of fused-ring (bicyclic) bond motifs is 1. The zero-order valence-electron chi connectivity index (χ0n) is 28.0. The fourth-order valence-corrected chi connectivity index (χ4v) is 6.88. The number of likely N-dealkylation sites (tertiary alicyclic amines) is 1. The Morgan fingerprint density at radius 1 is 1.04 bits per heavy atom. The summed E-state index contributed by atoms with van der Waals surface area (Å²) in [6.45, 7) is 9.83. The molecule has 0 aromatic heterocycles. The molecule has 0 bridgehead atoms. The third-order valence-electron chi connectivity index (χ3n) is 9.21. The molecule has 46 heavy (non-hydrogen) atoms. The molecule has 2 aromatic carbocycles. The number of unbranched alkanes of at least 4 members (excludes halogenated alkanes) is 1. The number of ether oxygens (including phenoxy) is 2. The van der Waals surface area contributed by atoms with Gasteiger partial charge < -0.3 is 29.3 Å². The van der Waals surface area contributed by atoms with Crippen molar-refractivity contribution < 1.29 is 24.2 Å². The molecule has 2 amide bonds. The Labute approximate surface area is 275 Å². The first-order valence-corrected chi connectivity index (χ1v) is 17.0. The molecule has 248 valence electrons. The molecule has 0 radical (unpaired) electrons. The minimum absolute atomic E-state index is 0.0342. The molecule has 2 fully saturated rings. The maximum Gasteiger partial charge on any atom is 0.410 e. The van der Waals surface area contributed by atoms with Crippen LogP contribution in [0.25, 0.3) is 0 Å². The summed E-state index contributed by atoms with van der Waals surface area (Å²) >= 11 is 0. The van der Waals surface area contributed by atoms with Crippen molar-refractivity contribution in [1.29, 1.82) is 0 Å². The van der Waals surface area contributed by atoms with Crippen LogP contribution >= 0.6 is 0 Å². The number of amides is 2. The number of para-hydroxylation sites is 1. The highest BCUT2D eigenvalue weighted by molar-refractivity contribution is 5.82. The second kappa shape index (κ2) is 15.4. The van der Waals surface area contributed by atoms with E-state index in [0.29, 0.717) is 38.9 Å². The lowest BCUT2D eigenvalue weighted by molar-refractivity contribution is -0.138. The number of anilines is 1. The molecule has 3 atom stereocenters. The van der Waals surface area contributed by atoms with E-state index in [4.69, 9.17) is 14.6 Å². The first kappa shape index (κ1) is 33.8. The summed E-state index contributed by atoms with van der Waals surface area (Å²) in [5, 5.41) is 9.12. The molecular weight excluding hydrogens is 578 g/mol. The van der Waals surface area contributed by atoms with Crippen LogP contribution in [-0.2, 0) is 14.3 Å². The number of carbonyl (C=O) groups excluding carboxylic acids is 2. The number of benzene rings is 2. The number of aliphatic hydroxyl groups is 1. The number of aliphatic hydroxyl groups excluding tert-OH is 1. The lowest BCUT2D eigenvalue weighted by atomic mass is 9.79. The zero-order chi connectivity index (χ0) is 32.7. The van der Waals surface area contributed by atoms with E-state index >= 15 is 0 Å². The van der Waals surface area contributed by atoms with Crippen LogP contribution in [0.4, 0.5) is 10.5 Å². The van der Waals surface area contributed by atoms with Crippen molar-refractivity contribution in [1.82, 2.24) is 9.80 Å². The Hall–Kier alpha value is -3.54. The number of carbonyl (C=O) groups is 2. The molecule has 1 aliphatic carbocycles. The van der Waals surface area contributed by atoms with Crippen molar-refractivity contribution in [3.8, 4) is 11.8 Å². The van der Waals surface area contributed by atoms with Crippen LogP contribution in [0, 0.1) is 17.8 Å². The summed E-state index contributed by atoms with van der Waals surface area (Å²) in [7, 11) is 1.74. The van der Waals surface area contributed by atoms with Crippen molar-refractivity contribution in [2.24, 2.45) is 5.92 Å². The second-order valence-corrected chi connectivity index (χ2v) is 14.0. The third-order valence-corrected chi connectivity index (χ3v) is 9.21. The second-order valence-electron chi connectivity index (χ2n) is 14.0. The van der Waals surface area contributed by atoms with Crippen molar-refractivity contribution in [3.05, 3.63) is 65.2 Å². The fourth-order valence-electron chi connectivity index (χ4n) is 6.88. The average molecular weight is 630 g/mol. The molecular formula is C38H51N3O5. The summed E-state index contributed by atoms with van der Waals surface area (Å²) in [4.78, 5) is 34.4. The molecule has 2 aromatic rings. The Balaban J connectivity index is 1.40. The van der Waals surface area contributed by atoms with E-state index < -0.39 is 5.60 Å². The van der Waals surface area contributed by atoms with E-state index in [9.17, 15) is 9.59 Å². The van der Waals surface area contributed by atoms with Crippen molar-refractivity contribution in [3.63, 3.8) is 0 Å². The first-order valence-electron chi connectivity index (χ1n) is 17.0. The Morgan fingerprint density at radius 2 is 1.85 bits per heavy atom. The van der Waals surface area contributed by atoms with Crippen LogP contribution in [0.3, 0.4) is 0 Å². The summed E-state index contributed by atoms with van der Waals surface area (Å²) in [6, 6.07) is 17.1. The Kier molecular flexibility index (Phi) is 11.3. The van der Waals surface area contributed by atoms with Crippen LogP contribution in [0.1, 0.15) is 87.8 Å². The third kappa shape index (κ3) is 8.63. The number of piperidine rings is 1. The van der Waals surface area contributed by atoms with Crippen LogP contribution in [0.5, 0.6) is 0 Å². The predicted molar refractivity (Wildman–Crippen MR) is 181 cm³/mol. The maximum absolute atomic E-state index is 14.8. The van der Waals surface area contributed by atoms with Gasteiger partial charge in [-0.05, 0) is 88.1 Å². The van der Waals surface area contributed by atoms with Gasteiger partial charge in [0.2, 0.25) is 5.91 Å². The van der Waals surface area contributed by atoms with Crippen molar-refractivity contribution in [2.75, 3.05) is 57.9 Å². The minimum Gasteiger partial charge on any atom is -0.444 e. The van der Waals surface area contributed by atoms with Gasteiger partial charge in [0.15, 0.2) is 0 Å². The lowest BCUT2D eigenvalue weighted by Gasteiger charge is -2.41. The number of nitrogens with zero attached hydrogens (tertiary/aromatic N) is 3. The molecule has 3 aliphatic rings.